The van der Waals surface area contributed by atoms with Crippen LogP contribution in [0.25, 0.3) is 0 Å². The van der Waals surface area contributed by atoms with Crippen molar-refractivity contribution in [1.82, 2.24) is 14.8 Å². The van der Waals surface area contributed by atoms with E-state index in [0.29, 0.717) is 50.1 Å². The smallest absolute Gasteiger partial charge is 0.255 e. The van der Waals surface area contributed by atoms with Crippen LogP contribution in [0.1, 0.15) is 32.7 Å². The largest absolute Gasteiger partial charge is 0.367 e. The number of carbonyl (C=O) groups is 3. The van der Waals surface area contributed by atoms with Crippen molar-refractivity contribution in [3.05, 3.63) is 53.3 Å². The number of hydrogen-bond acceptors (Lipinski definition) is 3. The van der Waals surface area contributed by atoms with Gasteiger partial charge in [0.2, 0.25) is 5.91 Å². The van der Waals surface area contributed by atoms with Crippen LogP contribution in [0.5, 0.6) is 0 Å². The third kappa shape index (κ3) is 3.08. The standard InChI is InChI=1S/C19H20N4O3/c24-17-4-2-13-11-14(1-3-16(13)21-17)18(25)22-7-9-23(10-8-22)19(26)15-5-6-20-12-15/h1,3,5-6,11-12,20H,2,4,7-10H2,(H,21,24). The van der Waals surface area contributed by atoms with Crippen LogP contribution in [-0.2, 0) is 11.2 Å². The highest BCUT2D eigenvalue weighted by molar-refractivity contribution is 5.98. The van der Waals surface area contributed by atoms with E-state index in [0.717, 1.165) is 11.3 Å². The molecule has 7 heteroatoms. The number of carbonyl (C=O) groups excluding carboxylic acids is 3. The molecule has 1 fully saturated rings. The van der Waals surface area contributed by atoms with Gasteiger partial charge in [-0.05, 0) is 36.2 Å². The third-order valence-electron chi connectivity index (χ3n) is 4.95. The molecule has 1 aromatic carbocycles. The van der Waals surface area contributed by atoms with Gasteiger partial charge in [0, 0.05) is 56.2 Å². The summed E-state index contributed by atoms with van der Waals surface area (Å²) in [6, 6.07) is 7.18. The van der Waals surface area contributed by atoms with Crippen molar-refractivity contribution in [1.29, 1.82) is 0 Å². The minimum absolute atomic E-state index is 0.0112. The molecule has 1 aromatic heterocycles. The molecule has 2 aliphatic rings. The van der Waals surface area contributed by atoms with Gasteiger partial charge in [-0.15, -0.1) is 0 Å². The molecule has 3 heterocycles. The number of nitrogens with one attached hydrogen (secondary N) is 2. The van der Waals surface area contributed by atoms with Crippen LogP contribution in [-0.4, -0.2) is 58.7 Å². The minimum atomic E-state index is -0.0292. The second kappa shape index (κ2) is 6.67. The maximum Gasteiger partial charge on any atom is 0.255 e. The van der Waals surface area contributed by atoms with E-state index in [1.165, 1.54) is 0 Å². The van der Waals surface area contributed by atoms with Crippen molar-refractivity contribution in [3.8, 4) is 0 Å². The molecular weight excluding hydrogens is 332 g/mol. The number of benzene rings is 1. The molecule has 4 rings (SSSR count). The van der Waals surface area contributed by atoms with E-state index in [1.807, 2.05) is 6.07 Å². The third-order valence-corrected chi connectivity index (χ3v) is 4.95. The number of anilines is 1. The Morgan fingerprint density at radius 1 is 0.885 bits per heavy atom. The van der Waals surface area contributed by atoms with Crippen molar-refractivity contribution >= 4 is 23.4 Å². The van der Waals surface area contributed by atoms with Crippen LogP contribution in [0.15, 0.2) is 36.7 Å². The van der Waals surface area contributed by atoms with E-state index in [9.17, 15) is 14.4 Å². The van der Waals surface area contributed by atoms with Crippen LogP contribution >= 0.6 is 0 Å². The summed E-state index contributed by atoms with van der Waals surface area (Å²) in [6.07, 6.45) is 4.52. The lowest BCUT2D eigenvalue weighted by Gasteiger charge is -2.34. The van der Waals surface area contributed by atoms with Gasteiger partial charge in [-0.2, -0.15) is 0 Å². The number of H-pyrrole nitrogens is 1. The average Bonchev–Trinajstić information content (AvgIpc) is 3.21. The molecule has 0 radical (unpaired) electrons. The molecule has 7 nitrogen and oxygen atoms in total. The number of fused-ring (bicyclic) bond motifs is 1. The van der Waals surface area contributed by atoms with Gasteiger partial charge in [-0.3, -0.25) is 14.4 Å². The molecule has 134 valence electrons. The van der Waals surface area contributed by atoms with Crippen molar-refractivity contribution in [2.45, 2.75) is 12.8 Å². The molecule has 0 unspecified atom stereocenters. The van der Waals surface area contributed by atoms with E-state index >= 15 is 0 Å². The molecule has 2 N–H and O–H groups in total. The number of amides is 3. The Labute approximate surface area is 151 Å². The zero-order valence-corrected chi connectivity index (χ0v) is 14.3. The van der Waals surface area contributed by atoms with Crippen molar-refractivity contribution in [3.63, 3.8) is 0 Å². The topological polar surface area (TPSA) is 85.5 Å². The Morgan fingerprint density at radius 2 is 1.58 bits per heavy atom. The van der Waals surface area contributed by atoms with Gasteiger partial charge >= 0.3 is 0 Å². The predicted octanol–water partition coefficient (Wildman–Crippen LogP) is 1.50. The molecular formula is C19H20N4O3. The fraction of sp³-hybridized carbons (Fsp3) is 0.316. The summed E-state index contributed by atoms with van der Waals surface area (Å²) in [7, 11) is 0. The van der Waals surface area contributed by atoms with Gasteiger partial charge in [0.25, 0.3) is 11.8 Å². The Kier molecular flexibility index (Phi) is 4.20. The molecule has 0 atom stereocenters. The summed E-state index contributed by atoms with van der Waals surface area (Å²) in [5.41, 5.74) is 3.06. The Morgan fingerprint density at radius 3 is 2.23 bits per heavy atom. The molecule has 1 saturated heterocycles. The maximum atomic E-state index is 12.8. The molecule has 0 spiro atoms. The second-order valence-corrected chi connectivity index (χ2v) is 6.60. The number of rotatable bonds is 2. The molecule has 0 aliphatic carbocycles. The number of aryl methyl sites for hydroxylation is 1. The van der Waals surface area contributed by atoms with E-state index < -0.39 is 0 Å². The highest BCUT2D eigenvalue weighted by Crippen LogP contribution is 2.24. The molecule has 3 amide bonds. The van der Waals surface area contributed by atoms with Crippen LogP contribution in [0.4, 0.5) is 5.69 Å². The summed E-state index contributed by atoms with van der Waals surface area (Å²) >= 11 is 0. The van der Waals surface area contributed by atoms with Gasteiger partial charge in [0.15, 0.2) is 0 Å². The monoisotopic (exact) mass is 352 g/mol. The summed E-state index contributed by atoms with van der Waals surface area (Å²) in [5, 5.41) is 2.83. The Hall–Kier alpha value is -3.09. The van der Waals surface area contributed by atoms with Gasteiger partial charge in [-0.1, -0.05) is 0 Å². The lowest BCUT2D eigenvalue weighted by atomic mass is 10.00. The summed E-state index contributed by atoms with van der Waals surface area (Å²) < 4.78 is 0. The zero-order chi connectivity index (χ0) is 18.1. The van der Waals surface area contributed by atoms with Gasteiger partial charge in [-0.25, -0.2) is 0 Å². The lowest BCUT2D eigenvalue weighted by molar-refractivity contribution is -0.116. The second-order valence-electron chi connectivity index (χ2n) is 6.60. The van der Waals surface area contributed by atoms with E-state index in [-0.39, 0.29) is 17.7 Å². The minimum Gasteiger partial charge on any atom is -0.367 e. The van der Waals surface area contributed by atoms with E-state index in [2.05, 4.69) is 10.3 Å². The number of aromatic nitrogens is 1. The van der Waals surface area contributed by atoms with Gasteiger partial charge < -0.3 is 20.1 Å². The van der Waals surface area contributed by atoms with Crippen LogP contribution in [0.2, 0.25) is 0 Å². The first-order chi connectivity index (χ1) is 12.6. The van der Waals surface area contributed by atoms with Gasteiger partial charge in [0.1, 0.15) is 0 Å². The van der Waals surface area contributed by atoms with Gasteiger partial charge in [0.05, 0.1) is 5.56 Å². The normalized spacial score (nSPS) is 16.8. The lowest BCUT2D eigenvalue weighted by Crippen LogP contribution is -2.50. The average molecular weight is 352 g/mol. The zero-order valence-electron chi connectivity index (χ0n) is 14.3. The van der Waals surface area contributed by atoms with Crippen molar-refractivity contribution in [2.75, 3.05) is 31.5 Å². The molecule has 2 aliphatic heterocycles. The fourth-order valence-corrected chi connectivity index (χ4v) is 3.45. The number of piperazine rings is 1. The van der Waals surface area contributed by atoms with Crippen LogP contribution < -0.4 is 5.32 Å². The summed E-state index contributed by atoms with van der Waals surface area (Å²) in [4.78, 5) is 43.0. The maximum absolute atomic E-state index is 12.8. The predicted molar refractivity (Wildman–Crippen MR) is 96.0 cm³/mol. The Bertz CT molecular complexity index is 852. The molecule has 0 bridgehead atoms. The fourth-order valence-electron chi connectivity index (χ4n) is 3.45. The van der Waals surface area contributed by atoms with Crippen LogP contribution in [0, 0.1) is 0 Å². The highest BCUT2D eigenvalue weighted by atomic mass is 16.2. The SMILES string of the molecule is O=C1CCc2cc(C(=O)N3CCN(C(=O)c4cc[nH]c4)CC3)ccc2N1. The van der Waals surface area contributed by atoms with E-state index in [1.54, 1.807) is 40.4 Å². The summed E-state index contributed by atoms with van der Waals surface area (Å²) in [5.74, 6) is -0.0268. The quantitative estimate of drug-likeness (QED) is 0.859. The number of aromatic amines is 1. The molecule has 2 aromatic rings. The van der Waals surface area contributed by atoms with Crippen molar-refractivity contribution in [2.24, 2.45) is 0 Å². The van der Waals surface area contributed by atoms with Crippen LogP contribution in [0.3, 0.4) is 0 Å². The Balaban J connectivity index is 1.41. The van der Waals surface area contributed by atoms with E-state index in [4.69, 9.17) is 0 Å². The summed E-state index contributed by atoms with van der Waals surface area (Å²) in [6.45, 7) is 2.08. The first-order valence-electron chi connectivity index (χ1n) is 8.76. The molecule has 26 heavy (non-hydrogen) atoms. The number of hydrogen-bond donors (Lipinski definition) is 2. The van der Waals surface area contributed by atoms with Crippen molar-refractivity contribution < 1.29 is 14.4 Å². The first kappa shape index (κ1) is 16.4. The highest BCUT2D eigenvalue weighted by Gasteiger charge is 2.26. The number of nitrogens with zero attached hydrogens (tertiary/aromatic N) is 2. The molecule has 0 saturated carbocycles. The first-order valence-corrected chi connectivity index (χ1v) is 8.76.